The summed E-state index contributed by atoms with van der Waals surface area (Å²) in [5, 5.41) is 17.9. The third-order valence-corrected chi connectivity index (χ3v) is 5.22. The molecule has 1 aromatic rings. The van der Waals surface area contributed by atoms with Gasteiger partial charge in [-0.05, 0) is 30.5 Å². The van der Waals surface area contributed by atoms with Crippen molar-refractivity contribution in [3.05, 3.63) is 35.4 Å². The summed E-state index contributed by atoms with van der Waals surface area (Å²) >= 11 is 0. The number of hydrogen-bond acceptors (Lipinski definition) is 4. The van der Waals surface area contributed by atoms with Crippen LogP contribution in [0.4, 0.5) is 0 Å². The maximum absolute atomic E-state index is 12.3. The van der Waals surface area contributed by atoms with Gasteiger partial charge in [0.2, 0.25) is 10.0 Å². The molecule has 6 heteroatoms. The average molecular weight is 280 g/mol. The van der Waals surface area contributed by atoms with Crippen LogP contribution in [0, 0.1) is 11.3 Å². The molecule has 0 radical (unpaired) electrons. The molecule has 0 spiro atoms. The smallest absolute Gasteiger partial charge is 0.218 e. The molecule has 1 aromatic carbocycles. The summed E-state index contributed by atoms with van der Waals surface area (Å²) in [7, 11) is -3.40. The number of hydrogen-bond donors (Lipinski definition) is 1. The quantitative estimate of drug-likeness (QED) is 0.886. The van der Waals surface area contributed by atoms with Crippen molar-refractivity contribution in [1.29, 1.82) is 5.26 Å². The van der Waals surface area contributed by atoms with E-state index < -0.39 is 10.0 Å². The van der Waals surface area contributed by atoms with E-state index in [2.05, 4.69) is 0 Å². The summed E-state index contributed by atoms with van der Waals surface area (Å²) in [5.41, 5.74) is 1.16. The topological polar surface area (TPSA) is 81.4 Å². The third kappa shape index (κ3) is 3.13. The number of sulfonamides is 1. The van der Waals surface area contributed by atoms with Crippen LogP contribution >= 0.6 is 0 Å². The van der Waals surface area contributed by atoms with Crippen LogP contribution in [0.5, 0.6) is 0 Å². The van der Waals surface area contributed by atoms with Crippen LogP contribution < -0.4 is 0 Å². The highest BCUT2D eigenvalue weighted by Gasteiger charge is 2.33. The van der Waals surface area contributed by atoms with Crippen molar-refractivity contribution in [2.75, 3.05) is 13.2 Å². The van der Waals surface area contributed by atoms with E-state index in [1.807, 2.05) is 6.07 Å². The molecule has 2 rings (SSSR count). The fraction of sp³-hybridized carbons (Fsp3) is 0.462. The summed E-state index contributed by atoms with van der Waals surface area (Å²) in [6, 6.07) is 8.23. The van der Waals surface area contributed by atoms with Gasteiger partial charge in [0.25, 0.3) is 0 Å². The molecule has 1 saturated heterocycles. The Labute approximate surface area is 113 Å². The van der Waals surface area contributed by atoms with E-state index in [4.69, 9.17) is 5.26 Å². The van der Waals surface area contributed by atoms with Crippen molar-refractivity contribution in [1.82, 2.24) is 4.31 Å². The third-order valence-electron chi connectivity index (χ3n) is 3.32. The standard InChI is InChI=1S/C13H16N2O3S/c14-8-11-3-5-12(6-4-11)10-19(17,18)15-7-1-2-13(15)9-16/h3-6,13,16H,1-2,7,9-10H2/t13-/m0/s1. The minimum atomic E-state index is -3.40. The Kier molecular flexibility index (Phi) is 4.20. The Morgan fingerprint density at radius 1 is 1.37 bits per heavy atom. The van der Waals surface area contributed by atoms with Gasteiger partial charge in [-0.3, -0.25) is 0 Å². The van der Waals surface area contributed by atoms with Crippen LogP contribution in [0.25, 0.3) is 0 Å². The predicted octanol–water partition coefficient (Wildman–Crippen LogP) is 0.845. The van der Waals surface area contributed by atoms with Crippen molar-refractivity contribution in [2.45, 2.75) is 24.6 Å². The molecule has 0 amide bonds. The first-order valence-corrected chi connectivity index (χ1v) is 7.77. The molecule has 0 aromatic heterocycles. The molecule has 0 saturated carbocycles. The molecule has 1 aliphatic rings. The lowest BCUT2D eigenvalue weighted by atomic mass is 10.2. The van der Waals surface area contributed by atoms with Crippen molar-refractivity contribution >= 4 is 10.0 Å². The zero-order valence-electron chi connectivity index (χ0n) is 10.5. The second-order valence-electron chi connectivity index (χ2n) is 4.65. The summed E-state index contributed by atoms with van der Waals surface area (Å²) < 4.78 is 25.9. The van der Waals surface area contributed by atoms with Gasteiger partial charge in [-0.15, -0.1) is 0 Å². The van der Waals surface area contributed by atoms with Crippen LogP contribution in [0.1, 0.15) is 24.0 Å². The predicted molar refractivity (Wildman–Crippen MR) is 70.6 cm³/mol. The van der Waals surface area contributed by atoms with Crippen molar-refractivity contribution in [3.63, 3.8) is 0 Å². The molecule has 0 aliphatic carbocycles. The van der Waals surface area contributed by atoms with Crippen LogP contribution in [-0.2, 0) is 15.8 Å². The molecule has 1 heterocycles. The van der Waals surface area contributed by atoms with Gasteiger partial charge in [-0.1, -0.05) is 12.1 Å². The van der Waals surface area contributed by atoms with Crippen molar-refractivity contribution < 1.29 is 13.5 Å². The normalized spacial score (nSPS) is 20.3. The number of nitriles is 1. The van der Waals surface area contributed by atoms with Gasteiger partial charge in [0.1, 0.15) is 0 Å². The highest BCUT2D eigenvalue weighted by atomic mass is 32.2. The number of rotatable bonds is 4. The van der Waals surface area contributed by atoms with Crippen LogP contribution in [0.15, 0.2) is 24.3 Å². The Bertz CT molecular complexity index is 575. The maximum atomic E-state index is 12.3. The lowest BCUT2D eigenvalue weighted by Crippen LogP contribution is -2.38. The number of aliphatic hydroxyl groups is 1. The van der Waals surface area contributed by atoms with E-state index in [0.29, 0.717) is 24.1 Å². The van der Waals surface area contributed by atoms with Gasteiger partial charge in [0, 0.05) is 12.6 Å². The zero-order valence-corrected chi connectivity index (χ0v) is 11.3. The minimum Gasteiger partial charge on any atom is -0.395 e. The van der Waals surface area contributed by atoms with Crippen molar-refractivity contribution in [3.8, 4) is 6.07 Å². The Morgan fingerprint density at radius 3 is 2.63 bits per heavy atom. The lowest BCUT2D eigenvalue weighted by Gasteiger charge is -2.22. The number of aliphatic hydroxyl groups excluding tert-OH is 1. The second kappa shape index (κ2) is 5.70. The summed E-state index contributed by atoms with van der Waals surface area (Å²) in [6.45, 7) is 0.344. The monoisotopic (exact) mass is 280 g/mol. The lowest BCUT2D eigenvalue weighted by molar-refractivity contribution is 0.213. The minimum absolute atomic E-state index is 0.0881. The molecule has 0 unspecified atom stereocenters. The molecule has 1 N–H and O–H groups in total. The molecule has 0 bridgehead atoms. The number of benzene rings is 1. The molecular formula is C13H16N2O3S. The number of nitrogens with zero attached hydrogens (tertiary/aromatic N) is 2. The summed E-state index contributed by atoms with van der Waals surface area (Å²) in [6.07, 6.45) is 1.50. The van der Waals surface area contributed by atoms with Crippen LogP contribution in [-0.4, -0.2) is 37.0 Å². The average Bonchev–Trinajstić information content (AvgIpc) is 2.88. The van der Waals surface area contributed by atoms with E-state index in [0.717, 1.165) is 6.42 Å². The largest absolute Gasteiger partial charge is 0.395 e. The fourth-order valence-corrected chi connectivity index (χ4v) is 4.14. The van der Waals surface area contributed by atoms with Gasteiger partial charge in [-0.25, -0.2) is 8.42 Å². The molecule has 102 valence electrons. The van der Waals surface area contributed by atoms with Gasteiger partial charge in [0.05, 0.1) is 24.0 Å². The summed E-state index contributed by atoms with van der Waals surface area (Å²) in [5.74, 6) is -0.0881. The Hall–Kier alpha value is -1.42. The van der Waals surface area contributed by atoms with Gasteiger partial charge in [0.15, 0.2) is 0 Å². The van der Waals surface area contributed by atoms with Crippen molar-refractivity contribution in [2.24, 2.45) is 0 Å². The molecule has 1 aliphatic heterocycles. The highest BCUT2D eigenvalue weighted by molar-refractivity contribution is 7.88. The molecule has 5 nitrogen and oxygen atoms in total. The van der Waals surface area contributed by atoms with E-state index in [-0.39, 0.29) is 18.4 Å². The van der Waals surface area contributed by atoms with E-state index in [1.54, 1.807) is 24.3 Å². The maximum Gasteiger partial charge on any atom is 0.218 e. The van der Waals surface area contributed by atoms with Gasteiger partial charge >= 0.3 is 0 Å². The Balaban J connectivity index is 2.14. The van der Waals surface area contributed by atoms with E-state index in [1.165, 1.54) is 4.31 Å². The van der Waals surface area contributed by atoms with E-state index in [9.17, 15) is 13.5 Å². The van der Waals surface area contributed by atoms with Crippen LogP contribution in [0.3, 0.4) is 0 Å². The first-order valence-electron chi connectivity index (χ1n) is 6.16. The van der Waals surface area contributed by atoms with Gasteiger partial charge in [-0.2, -0.15) is 9.57 Å². The first kappa shape index (κ1) is 14.0. The molecule has 19 heavy (non-hydrogen) atoms. The first-order chi connectivity index (χ1) is 9.06. The molecular weight excluding hydrogens is 264 g/mol. The van der Waals surface area contributed by atoms with Crippen LogP contribution in [0.2, 0.25) is 0 Å². The fourth-order valence-electron chi connectivity index (χ4n) is 2.33. The SMILES string of the molecule is N#Cc1ccc(CS(=O)(=O)N2CCC[C@H]2CO)cc1. The van der Waals surface area contributed by atoms with Gasteiger partial charge < -0.3 is 5.11 Å². The molecule has 1 atom stereocenters. The zero-order chi connectivity index (χ0) is 13.9. The highest BCUT2D eigenvalue weighted by Crippen LogP contribution is 2.23. The van der Waals surface area contributed by atoms with E-state index >= 15 is 0 Å². The Morgan fingerprint density at radius 2 is 2.05 bits per heavy atom. The molecule has 1 fully saturated rings. The second-order valence-corrected chi connectivity index (χ2v) is 6.58. The summed E-state index contributed by atoms with van der Waals surface area (Å²) in [4.78, 5) is 0.